The molecule has 1 aromatic rings. The van der Waals surface area contributed by atoms with Crippen molar-refractivity contribution in [3.8, 4) is 0 Å². The van der Waals surface area contributed by atoms with E-state index in [9.17, 15) is 18.0 Å². The monoisotopic (exact) mass is 302 g/mol. The number of halogens is 3. The van der Waals surface area contributed by atoms with Crippen LogP contribution in [0.25, 0.3) is 0 Å². The predicted octanol–water partition coefficient (Wildman–Crippen LogP) is 3.43. The number of anilines is 1. The van der Waals surface area contributed by atoms with Gasteiger partial charge in [-0.25, -0.2) is 9.78 Å². The van der Waals surface area contributed by atoms with E-state index < -0.39 is 17.8 Å². The average Bonchev–Trinajstić information content (AvgIpc) is 2.89. The molecule has 0 atom stereocenters. The highest BCUT2D eigenvalue weighted by atomic mass is 19.4. The van der Waals surface area contributed by atoms with E-state index in [4.69, 9.17) is 5.11 Å². The molecule has 1 saturated carbocycles. The minimum atomic E-state index is -4.58. The fraction of sp³-hybridized carbons (Fsp3) is 0.571. The number of hydrogen-bond donors (Lipinski definition) is 1. The van der Waals surface area contributed by atoms with Gasteiger partial charge in [-0.15, -0.1) is 0 Å². The van der Waals surface area contributed by atoms with Gasteiger partial charge in [0.2, 0.25) is 0 Å². The van der Waals surface area contributed by atoms with Gasteiger partial charge in [0.25, 0.3) is 0 Å². The van der Waals surface area contributed by atoms with Crippen LogP contribution in [0.3, 0.4) is 0 Å². The largest absolute Gasteiger partial charge is 0.478 e. The standard InChI is InChI=1S/C14H17F3N2O2/c1-19(8-9-4-2-3-5-9)12-10(13(20)21)6-7-11(18-12)14(15,16)17/h6-7,9H,2-5,8H2,1H3,(H,20,21). The van der Waals surface area contributed by atoms with Gasteiger partial charge in [-0.2, -0.15) is 13.2 Å². The molecule has 0 aliphatic heterocycles. The van der Waals surface area contributed by atoms with E-state index in [-0.39, 0.29) is 11.4 Å². The Bertz CT molecular complexity index is 525. The minimum Gasteiger partial charge on any atom is -0.478 e. The molecule has 7 heteroatoms. The van der Waals surface area contributed by atoms with Gasteiger partial charge < -0.3 is 10.0 Å². The SMILES string of the molecule is CN(CC1CCCC1)c1nc(C(F)(F)F)ccc1C(=O)O. The van der Waals surface area contributed by atoms with Crippen molar-refractivity contribution in [2.24, 2.45) is 5.92 Å². The van der Waals surface area contributed by atoms with Crippen LogP contribution in [-0.4, -0.2) is 29.7 Å². The van der Waals surface area contributed by atoms with Crippen molar-refractivity contribution in [2.45, 2.75) is 31.9 Å². The first-order chi connectivity index (χ1) is 9.79. The van der Waals surface area contributed by atoms with Crippen LogP contribution in [0.15, 0.2) is 12.1 Å². The van der Waals surface area contributed by atoms with Gasteiger partial charge in [0.1, 0.15) is 17.1 Å². The highest BCUT2D eigenvalue weighted by molar-refractivity contribution is 5.93. The van der Waals surface area contributed by atoms with Crippen molar-refractivity contribution >= 4 is 11.8 Å². The molecule has 1 heterocycles. The van der Waals surface area contributed by atoms with Gasteiger partial charge in [0.15, 0.2) is 0 Å². The molecule has 1 aromatic heterocycles. The Kier molecular flexibility index (Phi) is 4.39. The number of carboxylic acids is 1. The molecule has 0 amide bonds. The zero-order valence-corrected chi connectivity index (χ0v) is 11.7. The van der Waals surface area contributed by atoms with Gasteiger partial charge >= 0.3 is 12.1 Å². The summed E-state index contributed by atoms with van der Waals surface area (Å²) in [6.07, 6.45) is -0.321. The quantitative estimate of drug-likeness (QED) is 0.926. The van der Waals surface area contributed by atoms with Crippen LogP contribution in [0.2, 0.25) is 0 Å². The Hall–Kier alpha value is -1.79. The summed E-state index contributed by atoms with van der Waals surface area (Å²) in [6, 6.07) is 1.68. The molecule has 0 saturated heterocycles. The van der Waals surface area contributed by atoms with Gasteiger partial charge in [-0.3, -0.25) is 0 Å². The maximum atomic E-state index is 12.7. The number of nitrogens with zero attached hydrogens (tertiary/aromatic N) is 2. The molecule has 2 rings (SSSR count). The molecule has 1 aliphatic carbocycles. The van der Waals surface area contributed by atoms with E-state index >= 15 is 0 Å². The second kappa shape index (κ2) is 5.91. The third-order valence-corrected chi connectivity index (χ3v) is 3.76. The minimum absolute atomic E-state index is 0.121. The third-order valence-electron chi connectivity index (χ3n) is 3.76. The fourth-order valence-electron chi connectivity index (χ4n) is 2.73. The van der Waals surface area contributed by atoms with Crippen LogP contribution in [0.4, 0.5) is 19.0 Å². The lowest BCUT2D eigenvalue weighted by atomic mass is 10.1. The number of pyridine rings is 1. The molecule has 1 aliphatic rings. The Balaban J connectivity index is 2.31. The molecular formula is C14H17F3N2O2. The van der Waals surface area contributed by atoms with Gasteiger partial charge in [0.05, 0.1) is 0 Å². The second-order valence-electron chi connectivity index (χ2n) is 5.40. The van der Waals surface area contributed by atoms with Gasteiger partial charge in [-0.1, -0.05) is 12.8 Å². The van der Waals surface area contributed by atoms with Crippen molar-refractivity contribution in [3.63, 3.8) is 0 Å². The topological polar surface area (TPSA) is 53.4 Å². The summed E-state index contributed by atoms with van der Waals surface area (Å²) in [4.78, 5) is 16.2. The highest BCUT2D eigenvalue weighted by Gasteiger charge is 2.34. The summed E-state index contributed by atoms with van der Waals surface area (Å²) in [6.45, 7) is 0.522. The molecule has 21 heavy (non-hydrogen) atoms. The molecule has 0 spiro atoms. The Morgan fingerprint density at radius 1 is 1.38 bits per heavy atom. The number of hydrogen-bond acceptors (Lipinski definition) is 3. The third kappa shape index (κ3) is 3.65. The molecule has 1 N–H and O–H groups in total. The van der Waals surface area contributed by atoms with Crippen molar-refractivity contribution in [3.05, 3.63) is 23.4 Å². The second-order valence-corrected chi connectivity index (χ2v) is 5.40. The van der Waals surface area contributed by atoms with Crippen LogP contribution in [0.5, 0.6) is 0 Å². The first-order valence-corrected chi connectivity index (χ1v) is 6.81. The Labute approximate surface area is 120 Å². The van der Waals surface area contributed by atoms with Crippen LogP contribution in [-0.2, 0) is 6.18 Å². The summed E-state index contributed by atoms with van der Waals surface area (Å²) in [7, 11) is 1.59. The van der Waals surface area contributed by atoms with E-state index in [0.29, 0.717) is 18.5 Å². The lowest BCUT2D eigenvalue weighted by molar-refractivity contribution is -0.141. The lowest BCUT2D eigenvalue weighted by Gasteiger charge is -2.24. The van der Waals surface area contributed by atoms with Crippen LogP contribution in [0.1, 0.15) is 41.7 Å². The molecule has 4 nitrogen and oxygen atoms in total. The van der Waals surface area contributed by atoms with Crippen LogP contribution < -0.4 is 4.90 Å². The molecule has 0 aromatic carbocycles. The summed E-state index contributed by atoms with van der Waals surface area (Å²) in [5.74, 6) is -1.01. The van der Waals surface area contributed by atoms with E-state index in [1.807, 2.05) is 0 Å². The normalized spacial score (nSPS) is 16.2. The van der Waals surface area contributed by atoms with Crippen LogP contribution >= 0.6 is 0 Å². The molecule has 0 unspecified atom stereocenters. The summed E-state index contributed by atoms with van der Waals surface area (Å²) < 4.78 is 38.2. The van der Waals surface area contributed by atoms with E-state index in [1.165, 1.54) is 4.90 Å². The average molecular weight is 302 g/mol. The maximum Gasteiger partial charge on any atom is 0.433 e. The number of carboxylic acid groups (broad SMARTS) is 1. The Morgan fingerprint density at radius 2 is 2.00 bits per heavy atom. The van der Waals surface area contributed by atoms with Gasteiger partial charge in [0, 0.05) is 13.6 Å². The Morgan fingerprint density at radius 3 is 2.52 bits per heavy atom. The fourth-order valence-corrected chi connectivity index (χ4v) is 2.73. The number of aromatic nitrogens is 1. The van der Waals surface area contributed by atoms with Crippen molar-refractivity contribution < 1.29 is 23.1 Å². The van der Waals surface area contributed by atoms with Gasteiger partial charge in [-0.05, 0) is 30.9 Å². The zero-order valence-electron chi connectivity index (χ0n) is 11.7. The van der Waals surface area contributed by atoms with Crippen molar-refractivity contribution in [2.75, 3.05) is 18.5 Å². The van der Waals surface area contributed by atoms with E-state index in [2.05, 4.69) is 4.98 Å². The first kappa shape index (κ1) is 15.6. The number of aromatic carboxylic acids is 1. The van der Waals surface area contributed by atoms with E-state index in [1.54, 1.807) is 7.05 Å². The lowest BCUT2D eigenvalue weighted by Crippen LogP contribution is -2.27. The molecular weight excluding hydrogens is 285 g/mol. The molecule has 1 fully saturated rings. The first-order valence-electron chi connectivity index (χ1n) is 6.81. The molecule has 116 valence electrons. The van der Waals surface area contributed by atoms with Crippen molar-refractivity contribution in [1.82, 2.24) is 4.98 Å². The number of rotatable bonds is 4. The predicted molar refractivity (Wildman–Crippen MR) is 71.4 cm³/mol. The van der Waals surface area contributed by atoms with E-state index in [0.717, 1.165) is 31.7 Å². The smallest absolute Gasteiger partial charge is 0.433 e. The maximum absolute atomic E-state index is 12.7. The number of carbonyl (C=O) groups is 1. The zero-order chi connectivity index (χ0) is 15.6. The summed E-state index contributed by atoms with van der Waals surface area (Å²) in [5, 5.41) is 9.12. The molecule has 0 radical (unpaired) electrons. The molecule has 0 bridgehead atoms. The highest BCUT2D eigenvalue weighted by Crippen LogP contribution is 2.32. The number of alkyl halides is 3. The van der Waals surface area contributed by atoms with Crippen LogP contribution in [0, 0.1) is 5.92 Å². The summed E-state index contributed by atoms with van der Waals surface area (Å²) in [5.41, 5.74) is -1.27. The summed E-state index contributed by atoms with van der Waals surface area (Å²) >= 11 is 0. The van der Waals surface area contributed by atoms with Crippen molar-refractivity contribution in [1.29, 1.82) is 0 Å².